The molecule has 0 aliphatic heterocycles. The summed E-state index contributed by atoms with van der Waals surface area (Å²) in [5, 5.41) is 0. The second-order valence-electron chi connectivity index (χ2n) is 3.09. The van der Waals surface area contributed by atoms with Crippen molar-refractivity contribution in [1.29, 1.82) is 0 Å². The first-order chi connectivity index (χ1) is 7.54. The summed E-state index contributed by atoms with van der Waals surface area (Å²) in [5.41, 5.74) is -0.555. The third kappa shape index (κ3) is 3.24. The molecular formula is C11H11ClO4. The number of Topliss-reactive ketones (excluding diaryl/α,β-unsaturated/α-hetero) is 1. The molecule has 0 aromatic heterocycles. The summed E-state index contributed by atoms with van der Waals surface area (Å²) in [5.74, 6) is 0.343. The fraction of sp³-hybridized carbons (Fsp3) is 0.273. The molecule has 0 saturated carbocycles. The lowest BCUT2D eigenvalue weighted by molar-refractivity contribution is 0.0729. The smallest absolute Gasteiger partial charge is 0.404 e. The fourth-order valence-corrected chi connectivity index (χ4v) is 1.32. The molecule has 5 heteroatoms. The molecule has 0 aliphatic carbocycles. The number of methoxy groups -OCH3 is 1. The highest BCUT2D eigenvalue weighted by molar-refractivity contribution is 6.61. The highest BCUT2D eigenvalue weighted by Crippen LogP contribution is 2.14. The molecule has 0 spiro atoms. The first-order valence-corrected chi connectivity index (χ1v) is 4.96. The maximum absolute atomic E-state index is 11.7. The first kappa shape index (κ1) is 12.5. The van der Waals surface area contributed by atoms with Crippen molar-refractivity contribution in [3.63, 3.8) is 0 Å². The molecule has 0 heterocycles. The van der Waals surface area contributed by atoms with Crippen LogP contribution in [0.5, 0.6) is 5.75 Å². The van der Waals surface area contributed by atoms with Gasteiger partial charge < -0.3 is 9.47 Å². The molecule has 1 unspecified atom stereocenters. The van der Waals surface area contributed by atoms with Gasteiger partial charge in [-0.2, -0.15) is 0 Å². The molecule has 0 N–H and O–H groups in total. The van der Waals surface area contributed by atoms with Crippen molar-refractivity contribution in [2.75, 3.05) is 7.11 Å². The Hall–Kier alpha value is -1.55. The van der Waals surface area contributed by atoms with E-state index in [1.807, 2.05) is 0 Å². The van der Waals surface area contributed by atoms with Crippen LogP contribution in [0, 0.1) is 0 Å². The topological polar surface area (TPSA) is 52.6 Å². The highest BCUT2D eigenvalue weighted by Gasteiger charge is 2.18. The first-order valence-electron chi connectivity index (χ1n) is 4.59. The maximum atomic E-state index is 11.7. The average molecular weight is 243 g/mol. The molecule has 1 rings (SSSR count). The summed E-state index contributed by atoms with van der Waals surface area (Å²) in [4.78, 5) is 22.2. The van der Waals surface area contributed by atoms with Gasteiger partial charge >= 0.3 is 5.43 Å². The number of ketones is 1. The van der Waals surface area contributed by atoms with Gasteiger partial charge in [-0.3, -0.25) is 4.79 Å². The molecule has 16 heavy (non-hydrogen) atoms. The van der Waals surface area contributed by atoms with Crippen molar-refractivity contribution in [2.45, 2.75) is 13.0 Å². The van der Waals surface area contributed by atoms with Gasteiger partial charge in [-0.05, 0) is 31.2 Å². The Morgan fingerprint density at radius 2 is 1.81 bits per heavy atom. The highest BCUT2D eigenvalue weighted by atomic mass is 35.5. The molecule has 0 fully saturated rings. The normalized spacial score (nSPS) is 11.7. The number of carbonyl (C=O) groups is 2. The van der Waals surface area contributed by atoms with Crippen LogP contribution in [-0.4, -0.2) is 24.4 Å². The molecule has 0 saturated heterocycles. The Bertz CT molecular complexity index is 385. The van der Waals surface area contributed by atoms with Crippen LogP contribution in [0.1, 0.15) is 17.3 Å². The van der Waals surface area contributed by atoms with E-state index in [-0.39, 0.29) is 5.78 Å². The van der Waals surface area contributed by atoms with Crippen LogP contribution in [0.15, 0.2) is 24.3 Å². The Morgan fingerprint density at radius 3 is 2.25 bits per heavy atom. The van der Waals surface area contributed by atoms with Crippen LogP contribution >= 0.6 is 11.6 Å². The van der Waals surface area contributed by atoms with Crippen LogP contribution in [0.25, 0.3) is 0 Å². The average Bonchev–Trinajstić information content (AvgIpc) is 2.27. The van der Waals surface area contributed by atoms with Gasteiger partial charge in [0.25, 0.3) is 0 Å². The Balaban J connectivity index is 2.75. The molecular weight excluding hydrogens is 232 g/mol. The van der Waals surface area contributed by atoms with E-state index in [9.17, 15) is 9.59 Å². The second kappa shape index (κ2) is 5.51. The number of halogens is 1. The number of benzene rings is 1. The summed E-state index contributed by atoms with van der Waals surface area (Å²) >= 11 is 5.02. The van der Waals surface area contributed by atoms with Crippen LogP contribution in [0.4, 0.5) is 4.79 Å². The minimum atomic E-state index is -0.991. The largest absolute Gasteiger partial charge is 0.497 e. The Labute approximate surface area is 98.1 Å². The molecule has 0 amide bonds. The van der Waals surface area contributed by atoms with Gasteiger partial charge in [0.1, 0.15) is 5.75 Å². The minimum Gasteiger partial charge on any atom is -0.497 e. The molecule has 86 valence electrons. The quantitative estimate of drug-likeness (QED) is 0.602. The van der Waals surface area contributed by atoms with E-state index in [1.54, 1.807) is 24.3 Å². The molecule has 4 nitrogen and oxygen atoms in total. The molecule has 1 aromatic rings. The van der Waals surface area contributed by atoms with Crippen molar-refractivity contribution >= 4 is 22.8 Å². The number of ether oxygens (including phenoxy) is 2. The summed E-state index contributed by atoms with van der Waals surface area (Å²) in [7, 11) is 1.54. The monoisotopic (exact) mass is 242 g/mol. The van der Waals surface area contributed by atoms with Crippen molar-refractivity contribution in [3.8, 4) is 5.75 Å². The van der Waals surface area contributed by atoms with Crippen LogP contribution in [-0.2, 0) is 4.74 Å². The lowest BCUT2D eigenvalue weighted by atomic mass is 10.1. The summed E-state index contributed by atoms with van der Waals surface area (Å²) in [6, 6.07) is 6.50. The second-order valence-corrected chi connectivity index (χ2v) is 3.40. The van der Waals surface area contributed by atoms with E-state index in [1.165, 1.54) is 14.0 Å². The van der Waals surface area contributed by atoms with Gasteiger partial charge in [0.15, 0.2) is 6.10 Å². The SMILES string of the molecule is COc1ccc(C(=O)C(C)OC(=O)Cl)cc1. The maximum Gasteiger partial charge on any atom is 0.404 e. The number of rotatable bonds is 4. The number of hydrogen-bond donors (Lipinski definition) is 0. The van der Waals surface area contributed by atoms with Gasteiger partial charge in [-0.25, -0.2) is 4.79 Å². The van der Waals surface area contributed by atoms with E-state index >= 15 is 0 Å². The summed E-state index contributed by atoms with van der Waals surface area (Å²) < 4.78 is 9.52. The standard InChI is InChI=1S/C11H11ClO4/c1-7(16-11(12)14)10(13)8-3-5-9(15-2)6-4-8/h3-7H,1-2H3. The summed E-state index contributed by atoms with van der Waals surface area (Å²) in [6.45, 7) is 1.47. The van der Waals surface area contributed by atoms with E-state index in [4.69, 9.17) is 16.3 Å². The van der Waals surface area contributed by atoms with E-state index < -0.39 is 11.5 Å². The number of carbonyl (C=O) groups excluding carboxylic acids is 2. The Kier molecular flexibility index (Phi) is 4.31. The lowest BCUT2D eigenvalue weighted by Crippen LogP contribution is -2.21. The molecule has 1 atom stereocenters. The molecule has 0 radical (unpaired) electrons. The predicted octanol–water partition coefficient (Wildman–Crippen LogP) is 2.64. The fourth-order valence-electron chi connectivity index (χ4n) is 1.18. The molecule has 0 bridgehead atoms. The van der Waals surface area contributed by atoms with Crippen LogP contribution in [0.3, 0.4) is 0 Å². The lowest BCUT2D eigenvalue weighted by Gasteiger charge is -2.09. The zero-order valence-electron chi connectivity index (χ0n) is 8.90. The van der Waals surface area contributed by atoms with E-state index in [0.29, 0.717) is 11.3 Å². The van der Waals surface area contributed by atoms with Crippen molar-refractivity contribution in [1.82, 2.24) is 0 Å². The van der Waals surface area contributed by atoms with E-state index in [2.05, 4.69) is 4.74 Å². The van der Waals surface area contributed by atoms with Gasteiger partial charge in [0.2, 0.25) is 5.78 Å². The van der Waals surface area contributed by atoms with Crippen LogP contribution < -0.4 is 4.74 Å². The zero-order valence-corrected chi connectivity index (χ0v) is 9.65. The summed E-state index contributed by atoms with van der Waals surface area (Å²) in [6.07, 6.45) is -0.890. The number of hydrogen-bond acceptors (Lipinski definition) is 4. The van der Waals surface area contributed by atoms with Gasteiger partial charge in [-0.15, -0.1) is 0 Å². The molecule has 0 aliphatic rings. The Morgan fingerprint density at radius 1 is 1.25 bits per heavy atom. The van der Waals surface area contributed by atoms with Gasteiger partial charge in [0, 0.05) is 17.2 Å². The van der Waals surface area contributed by atoms with Gasteiger partial charge in [-0.1, -0.05) is 0 Å². The van der Waals surface area contributed by atoms with Crippen molar-refractivity contribution in [3.05, 3.63) is 29.8 Å². The third-order valence-electron chi connectivity index (χ3n) is 2.01. The van der Waals surface area contributed by atoms with Gasteiger partial charge in [0.05, 0.1) is 7.11 Å². The zero-order chi connectivity index (χ0) is 12.1. The van der Waals surface area contributed by atoms with E-state index in [0.717, 1.165) is 0 Å². The molecule has 1 aromatic carbocycles. The third-order valence-corrected chi connectivity index (χ3v) is 2.10. The van der Waals surface area contributed by atoms with Crippen LogP contribution in [0.2, 0.25) is 0 Å². The van der Waals surface area contributed by atoms with Crippen molar-refractivity contribution < 1.29 is 19.1 Å². The minimum absolute atomic E-state index is 0.309. The predicted molar refractivity (Wildman–Crippen MR) is 59.1 cm³/mol. The van der Waals surface area contributed by atoms with Crippen molar-refractivity contribution in [2.24, 2.45) is 0 Å².